The van der Waals surface area contributed by atoms with Crippen molar-refractivity contribution in [1.82, 2.24) is 9.80 Å². The molecule has 2 heterocycles. The first-order valence-corrected chi connectivity index (χ1v) is 8.32. The van der Waals surface area contributed by atoms with E-state index >= 15 is 0 Å². The Kier molecular flexibility index (Phi) is 5.30. The van der Waals surface area contributed by atoms with Crippen LogP contribution in [0, 0.1) is 29.6 Å². The van der Waals surface area contributed by atoms with Gasteiger partial charge in [0.05, 0.1) is 0 Å². The van der Waals surface area contributed by atoms with Crippen LogP contribution in [0.5, 0.6) is 0 Å². The summed E-state index contributed by atoms with van der Waals surface area (Å²) in [4.78, 5) is 5.08. The third-order valence-electron chi connectivity index (χ3n) is 5.63. The Balaban J connectivity index is 1.84. The van der Waals surface area contributed by atoms with Crippen LogP contribution in [0.15, 0.2) is 0 Å². The van der Waals surface area contributed by atoms with E-state index in [1.54, 1.807) is 0 Å². The monoisotopic (exact) mass is 266 g/mol. The molecular formula is C17H34N2. The number of hydrogen-bond donors (Lipinski definition) is 0. The van der Waals surface area contributed by atoms with E-state index in [9.17, 15) is 0 Å². The molecule has 2 rings (SSSR count). The van der Waals surface area contributed by atoms with Crippen molar-refractivity contribution in [3.63, 3.8) is 0 Å². The average molecular weight is 266 g/mol. The van der Waals surface area contributed by atoms with E-state index in [2.05, 4.69) is 44.7 Å². The van der Waals surface area contributed by atoms with Crippen LogP contribution in [0.3, 0.4) is 0 Å². The highest BCUT2D eigenvalue weighted by molar-refractivity contribution is 4.84. The highest BCUT2D eigenvalue weighted by Crippen LogP contribution is 2.34. The summed E-state index contributed by atoms with van der Waals surface area (Å²) < 4.78 is 0. The molecule has 2 saturated heterocycles. The van der Waals surface area contributed by atoms with Crippen LogP contribution in [-0.2, 0) is 0 Å². The SMILES string of the molecule is CC(C)C1CC(CC(C)C2CCN(C)C2)CN(C)C1. The minimum atomic E-state index is 0.846. The molecule has 0 saturated carbocycles. The van der Waals surface area contributed by atoms with Crippen molar-refractivity contribution in [3.8, 4) is 0 Å². The second kappa shape index (κ2) is 6.58. The first-order chi connectivity index (χ1) is 8.95. The number of likely N-dealkylation sites (tertiary alicyclic amines) is 2. The van der Waals surface area contributed by atoms with Gasteiger partial charge in [-0.05, 0) is 69.5 Å². The Morgan fingerprint density at radius 1 is 0.947 bits per heavy atom. The fourth-order valence-corrected chi connectivity index (χ4v) is 4.30. The molecule has 0 aliphatic carbocycles. The van der Waals surface area contributed by atoms with Gasteiger partial charge in [0.25, 0.3) is 0 Å². The average Bonchev–Trinajstić information content (AvgIpc) is 2.75. The Bertz CT molecular complexity index is 276. The van der Waals surface area contributed by atoms with Gasteiger partial charge in [-0.15, -0.1) is 0 Å². The van der Waals surface area contributed by atoms with Gasteiger partial charge in [-0.25, -0.2) is 0 Å². The lowest BCUT2D eigenvalue weighted by atomic mass is 9.77. The predicted molar refractivity (Wildman–Crippen MR) is 83.3 cm³/mol. The molecule has 0 aromatic heterocycles. The quantitative estimate of drug-likeness (QED) is 0.771. The summed E-state index contributed by atoms with van der Waals surface area (Å²) in [5.74, 6) is 4.57. The molecule has 2 aliphatic heterocycles. The maximum Gasteiger partial charge on any atom is 0.000963 e. The Morgan fingerprint density at radius 3 is 2.21 bits per heavy atom. The lowest BCUT2D eigenvalue weighted by Gasteiger charge is -2.39. The lowest BCUT2D eigenvalue weighted by Crippen LogP contribution is -2.40. The lowest BCUT2D eigenvalue weighted by molar-refractivity contribution is 0.103. The van der Waals surface area contributed by atoms with Gasteiger partial charge in [0, 0.05) is 19.6 Å². The van der Waals surface area contributed by atoms with Gasteiger partial charge in [0.2, 0.25) is 0 Å². The molecule has 2 fully saturated rings. The van der Waals surface area contributed by atoms with Gasteiger partial charge < -0.3 is 9.80 Å². The van der Waals surface area contributed by atoms with Crippen molar-refractivity contribution in [2.75, 3.05) is 40.3 Å². The first-order valence-electron chi connectivity index (χ1n) is 8.32. The molecule has 0 spiro atoms. The Labute approximate surface area is 120 Å². The summed E-state index contributed by atoms with van der Waals surface area (Å²) in [7, 11) is 4.59. The summed E-state index contributed by atoms with van der Waals surface area (Å²) in [5.41, 5.74) is 0. The van der Waals surface area contributed by atoms with Crippen molar-refractivity contribution in [1.29, 1.82) is 0 Å². The number of piperidine rings is 1. The molecule has 0 aromatic rings. The second-order valence-corrected chi connectivity index (χ2v) is 7.85. The molecular weight excluding hydrogens is 232 g/mol. The predicted octanol–water partition coefficient (Wildman–Crippen LogP) is 3.19. The Hall–Kier alpha value is -0.0800. The van der Waals surface area contributed by atoms with E-state index in [1.807, 2.05) is 0 Å². The normalized spacial score (nSPS) is 36.0. The third-order valence-corrected chi connectivity index (χ3v) is 5.63. The maximum atomic E-state index is 2.58. The standard InChI is InChI=1S/C17H34N2/c1-13(2)17-9-15(10-19(5)12-17)8-14(3)16-6-7-18(4)11-16/h13-17H,6-12H2,1-5H3. The molecule has 19 heavy (non-hydrogen) atoms. The van der Waals surface area contributed by atoms with Crippen LogP contribution in [0.1, 0.15) is 40.0 Å². The first kappa shape index (κ1) is 15.3. The van der Waals surface area contributed by atoms with Crippen LogP contribution in [0.4, 0.5) is 0 Å². The number of rotatable bonds is 4. The zero-order valence-corrected chi connectivity index (χ0v) is 13.7. The van der Waals surface area contributed by atoms with Gasteiger partial charge >= 0.3 is 0 Å². The van der Waals surface area contributed by atoms with Crippen LogP contribution in [0.2, 0.25) is 0 Å². The molecule has 0 N–H and O–H groups in total. The summed E-state index contributed by atoms with van der Waals surface area (Å²) in [6, 6.07) is 0. The number of hydrogen-bond acceptors (Lipinski definition) is 2. The van der Waals surface area contributed by atoms with Crippen molar-refractivity contribution in [3.05, 3.63) is 0 Å². The fourth-order valence-electron chi connectivity index (χ4n) is 4.30. The van der Waals surface area contributed by atoms with E-state index in [0.717, 1.165) is 29.6 Å². The molecule has 0 bridgehead atoms. The molecule has 0 amide bonds. The van der Waals surface area contributed by atoms with Gasteiger partial charge in [-0.1, -0.05) is 20.8 Å². The highest BCUT2D eigenvalue weighted by Gasteiger charge is 2.31. The summed E-state index contributed by atoms with van der Waals surface area (Å²) >= 11 is 0. The van der Waals surface area contributed by atoms with Crippen molar-refractivity contribution < 1.29 is 0 Å². The van der Waals surface area contributed by atoms with Crippen LogP contribution in [0.25, 0.3) is 0 Å². The minimum absolute atomic E-state index is 0.846. The summed E-state index contributed by atoms with van der Waals surface area (Å²) in [6.07, 6.45) is 4.34. The van der Waals surface area contributed by atoms with Crippen LogP contribution in [-0.4, -0.2) is 50.1 Å². The second-order valence-electron chi connectivity index (χ2n) is 7.85. The van der Waals surface area contributed by atoms with E-state index in [0.29, 0.717) is 0 Å². The van der Waals surface area contributed by atoms with Gasteiger partial charge in [0.15, 0.2) is 0 Å². The van der Waals surface area contributed by atoms with Gasteiger partial charge in [0.1, 0.15) is 0 Å². The Morgan fingerprint density at radius 2 is 1.63 bits per heavy atom. The maximum absolute atomic E-state index is 2.58. The highest BCUT2D eigenvalue weighted by atomic mass is 15.1. The zero-order chi connectivity index (χ0) is 14.0. The van der Waals surface area contributed by atoms with Gasteiger partial charge in [-0.2, -0.15) is 0 Å². The molecule has 4 atom stereocenters. The van der Waals surface area contributed by atoms with Crippen molar-refractivity contribution >= 4 is 0 Å². The zero-order valence-electron chi connectivity index (χ0n) is 13.7. The van der Waals surface area contributed by atoms with Crippen LogP contribution < -0.4 is 0 Å². The largest absolute Gasteiger partial charge is 0.306 e. The molecule has 112 valence electrons. The fraction of sp³-hybridized carbons (Fsp3) is 1.00. The van der Waals surface area contributed by atoms with Crippen molar-refractivity contribution in [2.24, 2.45) is 29.6 Å². The molecule has 2 heteroatoms. The molecule has 4 unspecified atom stereocenters. The third kappa shape index (κ3) is 4.19. The van der Waals surface area contributed by atoms with Crippen LogP contribution >= 0.6 is 0 Å². The minimum Gasteiger partial charge on any atom is -0.306 e. The summed E-state index contributed by atoms with van der Waals surface area (Å²) in [6.45, 7) is 12.6. The van der Waals surface area contributed by atoms with E-state index in [-0.39, 0.29) is 0 Å². The van der Waals surface area contributed by atoms with E-state index in [1.165, 1.54) is 45.4 Å². The molecule has 0 radical (unpaired) electrons. The van der Waals surface area contributed by atoms with Gasteiger partial charge in [-0.3, -0.25) is 0 Å². The van der Waals surface area contributed by atoms with E-state index in [4.69, 9.17) is 0 Å². The molecule has 0 aromatic carbocycles. The topological polar surface area (TPSA) is 6.48 Å². The molecule has 2 nitrogen and oxygen atoms in total. The smallest absolute Gasteiger partial charge is 0.000963 e. The van der Waals surface area contributed by atoms with Crippen molar-refractivity contribution in [2.45, 2.75) is 40.0 Å². The van der Waals surface area contributed by atoms with E-state index < -0.39 is 0 Å². The number of nitrogens with zero attached hydrogens (tertiary/aromatic N) is 2. The molecule has 2 aliphatic rings. The summed E-state index contributed by atoms with van der Waals surface area (Å²) in [5, 5.41) is 0.